The standard InChI is InChI=1S/C19H29FN6O3S/c1-11(2)7-14(10-27)22-18-23-17(24-19(25-18)26-30(4,28)29)8-12(3)13-5-6-16(21)15(20)9-13/h5-6,9,11-12,14,27H,7-8,10,21H2,1-4H3,(H2,22,23,24,25,26). The molecule has 0 fully saturated rings. The van der Waals surface area contributed by atoms with E-state index in [9.17, 15) is 17.9 Å². The topological polar surface area (TPSA) is 143 Å². The summed E-state index contributed by atoms with van der Waals surface area (Å²) in [6.07, 6.45) is 1.99. The van der Waals surface area contributed by atoms with Crippen LogP contribution in [0, 0.1) is 11.7 Å². The van der Waals surface area contributed by atoms with Gasteiger partial charge in [-0.05, 0) is 36.0 Å². The SMILES string of the molecule is CC(C)CC(CO)Nc1nc(CC(C)c2ccc(N)c(F)c2)nc(NS(C)(=O)=O)n1. The lowest BCUT2D eigenvalue weighted by Crippen LogP contribution is -2.27. The highest BCUT2D eigenvalue weighted by atomic mass is 32.2. The molecule has 2 rings (SSSR count). The van der Waals surface area contributed by atoms with Crippen molar-refractivity contribution in [3.63, 3.8) is 0 Å². The van der Waals surface area contributed by atoms with E-state index >= 15 is 0 Å². The van der Waals surface area contributed by atoms with Crippen LogP contribution in [0.1, 0.15) is 44.5 Å². The molecule has 11 heteroatoms. The van der Waals surface area contributed by atoms with E-state index in [2.05, 4.69) is 25.0 Å². The van der Waals surface area contributed by atoms with Gasteiger partial charge in [0.1, 0.15) is 11.6 Å². The minimum absolute atomic E-state index is 0.0671. The lowest BCUT2D eigenvalue weighted by Gasteiger charge is -2.19. The highest BCUT2D eigenvalue weighted by Crippen LogP contribution is 2.23. The summed E-state index contributed by atoms with van der Waals surface area (Å²) >= 11 is 0. The number of benzene rings is 1. The Balaban J connectivity index is 2.31. The molecule has 0 aliphatic rings. The van der Waals surface area contributed by atoms with E-state index in [-0.39, 0.29) is 36.2 Å². The average Bonchev–Trinajstić information content (AvgIpc) is 2.61. The zero-order chi connectivity index (χ0) is 22.5. The van der Waals surface area contributed by atoms with Gasteiger partial charge < -0.3 is 16.2 Å². The molecule has 166 valence electrons. The average molecular weight is 441 g/mol. The second-order valence-corrected chi connectivity index (χ2v) is 9.56. The van der Waals surface area contributed by atoms with Crippen molar-refractivity contribution in [2.75, 3.05) is 28.6 Å². The number of aliphatic hydroxyl groups excluding tert-OH is 1. The Kier molecular flexibility index (Phi) is 7.90. The van der Waals surface area contributed by atoms with Gasteiger partial charge in [0.2, 0.25) is 21.9 Å². The van der Waals surface area contributed by atoms with Crippen LogP contribution in [0.15, 0.2) is 18.2 Å². The number of nitrogens with one attached hydrogen (secondary N) is 2. The van der Waals surface area contributed by atoms with Crippen LogP contribution in [-0.2, 0) is 16.4 Å². The Bertz CT molecular complexity index is 971. The lowest BCUT2D eigenvalue weighted by molar-refractivity contribution is 0.259. The fourth-order valence-corrected chi connectivity index (χ4v) is 3.38. The number of aliphatic hydroxyl groups is 1. The Morgan fingerprint density at radius 2 is 1.83 bits per heavy atom. The van der Waals surface area contributed by atoms with Crippen LogP contribution in [0.4, 0.5) is 22.0 Å². The Morgan fingerprint density at radius 3 is 2.40 bits per heavy atom. The van der Waals surface area contributed by atoms with Crippen molar-refractivity contribution < 1.29 is 17.9 Å². The first-order valence-corrected chi connectivity index (χ1v) is 11.5. The summed E-state index contributed by atoms with van der Waals surface area (Å²) in [6.45, 7) is 5.79. The molecule has 30 heavy (non-hydrogen) atoms. The van der Waals surface area contributed by atoms with Crippen LogP contribution in [-0.4, -0.2) is 47.4 Å². The minimum atomic E-state index is -3.60. The first kappa shape index (κ1) is 23.7. The molecule has 0 aliphatic heterocycles. The van der Waals surface area contributed by atoms with E-state index in [1.165, 1.54) is 12.1 Å². The molecule has 1 aromatic carbocycles. The number of nitrogen functional groups attached to an aromatic ring is 1. The van der Waals surface area contributed by atoms with E-state index < -0.39 is 15.8 Å². The lowest BCUT2D eigenvalue weighted by atomic mass is 9.97. The van der Waals surface area contributed by atoms with Crippen LogP contribution in [0.2, 0.25) is 0 Å². The number of hydrogen-bond donors (Lipinski definition) is 4. The molecule has 5 N–H and O–H groups in total. The van der Waals surface area contributed by atoms with Crippen LogP contribution in [0.25, 0.3) is 0 Å². The van der Waals surface area contributed by atoms with E-state index in [1.54, 1.807) is 6.07 Å². The molecule has 1 heterocycles. The number of anilines is 3. The molecular formula is C19H29FN6O3S. The molecule has 0 saturated heterocycles. The molecule has 0 saturated carbocycles. The Hall–Kier alpha value is -2.53. The van der Waals surface area contributed by atoms with Gasteiger partial charge in [-0.1, -0.05) is 26.8 Å². The molecule has 0 aliphatic carbocycles. The third kappa shape index (κ3) is 7.38. The van der Waals surface area contributed by atoms with Gasteiger partial charge in [-0.3, -0.25) is 4.72 Å². The third-order valence-electron chi connectivity index (χ3n) is 4.35. The third-order valence-corrected chi connectivity index (χ3v) is 4.90. The second kappa shape index (κ2) is 9.98. The number of nitrogens with zero attached hydrogens (tertiary/aromatic N) is 3. The van der Waals surface area contributed by atoms with Gasteiger partial charge in [-0.25, -0.2) is 12.8 Å². The fourth-order valence-electron chi connectivity index (χ4n) is 2.96. The molecule has 9 nitrogen and oxygen atoms in total. The highest BCUT2D eigenvalue weighted by Gasteiger charge is 2.17. The van der Waals surface area contributed by atoms with Gasteiger partial charge in [0.25, 0.3) is 0 Å². The summed E-state index contributed by atoms with van der Waals surface area (Å²) in [6, 6.07) is 4.29. The molecule has 0 bridgehead atoms. The maximum atomic E-state index is 13.8. The molecule has 0 amide bonds. The summed E-state index contributed by atoms with van der Waals surface area (Å²) in [5, 5.41) is 12.6. The van der Waals surface area contributed by atoms with Gasteiger partial charge in [0, 0.05) is 6.42 Å². The predicted octanol–water partition coefficient (Wildman–Crippen LogP) is 2.13. The Morgan fingerprint density at radius 1 is 1.17 bits per heavy atom. The monoisotopic (exact) mass is 440 g/mol. The van der Waals surface area contributed by atoms with E-state index in [1.807, 2.05) is 20.8 Å². The summed E-state index contributed by atoms with van der Waals surface area (Å²) in [5.41, 5.74) is 6.31. The maximum absolute atomic E-state index is 13.8. The van der Waals surface area contributed by atoms with Crippen LogP contribution in [0.5, 0.6) is 0 Å². The van der Waals surface area contributed by atoms with Gasteiger partial charge in [0.05, 0.1) is 24.6 Å². The van der Waals surface area contributed by atoms with E-state index in [0.717, 1.165) is 6.26 Å². The van der Waals surface area contributed by atoms with E-state index in [0.29, 0.717) is 30.1 Å². The molecule has 0 spiro atoms. The summed E-state index contributed by atoms with van der Waals surface area (Å²) < 4.78 is 39.3. The summed E-state index contributed by atoms with van der Waals surface area (Å²) in [7, 11) is -3.60. The molecule has 2 unspecified atom stereocenters. The van der Waals surface area contributed by atoms with Gasteiger partial charge >= 0.3 is 0 Å². The van der Waals surface area contributed by atoms with Gasteiger partial charge in [-0.15, -0.1) is 0 Å². The predicted molar refractivity (Wildman–Crippen MR) is 115 cm³/mol. The van der Waals surface area contributed by atoms with Gasteiger partial charge in [0.15, 0.2) is 0 Å². The van der Waals surface area contributed by atoms with Crippen LogP contribution < -0.4 is 15.8 Å². The number of halogens is 1. The van der Waals surface area contributed by atoms with Crippen molar-refractivity contribution in [3.8, 4) is 0 Å². The van der Waals surface area contributed by atoms with Crippen molar-refractivity contribution >= 4 is 27.6 Å². The first-order valence-electron chi connectivity index (χ1n) is 9.62. The fraction of sp³-hybridized carbons (Fsp3) is 0.526. The van der Waals surface area contributed by atoms with Crippen molar-refractivity contribution in [1.82, 2.24) is 15.0 Å². The molecular weight excluding hydrogens is 411 g/mol. The Labute approximate surface area is 176 Å². The van der Waals surface area contributed by atoms with Crippen molar-refractivity contribution in [2.45, 2.75) is 45.6 Å². The zero-order valence-corrected chi connectivity index (χ0v) is 18.4. The first-order chi connectivity index (χ1) is 14.0. The van der Waals surface area contributed by atoms with E-state index in [4.69, 9.17) is 5.73 Å². The van der Waals surface area contributed by atoms with Crippen LogP contribution in [0.3, 0.4) is 0 Å². The van der Waals surface area contributed by atoms with Gasteiger partial charge in [-0.2, -0.15) is 15.0 Å². The molecule has 1 aromatic heterocycles. The molecule has 2 atom stereocenters. The highest BCUT2D eigenvalue weighted by molar-refractivity contribution is 7.91. The second-order valence-electron chi connectivity index (χ2n) is 7.81. The van der Waals surface area contributed by atoms with Crippen molar-refractivity contribution in [2.24, 2.45) is 5.92 Å². The summed E-state index contributed by atoms with van der Waals surface area (Å²) in [5.74, 6) is 0.0140. The zero-order valence-electron chi connectivity index (χ0n) is 17.6. The normalized spacial score (nSPS) is 13.8. The van der Waals surface area contributed by atoms with Crippen molar-refractivity contribution in [1.29, 1.82) is 0 Å². The number of nitrogens with two attached hydrogens (primary N) is 1. The molecule has 2 aromatic rings. The quantitative estimate of drug-likeness (QED) is 0.411. The number of hydrogen-bond acceptors (Lipinski definition) is 8. The smallest absolute Gasteiger partial charge is 0.241 e. The maximum Gasteiger partial charge on any atom is 0.241 e. The summed E-state index contributed by atoms with van der Waals surface area (Å²) in [4.78, 5) is 12.7. The minimum Gasteiger partial charge on any atom is -0.396 e. The van der Waals surface area contributed by atoms with Crippen LogP contribution >= 0.6 is 0 Å². The number of rotatable bonds is 10. The number of aromatic nitrogens is 3. The number of sulfonamides is 1. The molecule has 0 radical (unpaired) electrons. The van der Waals surface area contributed by atoms with Crippen molar-refractivity contribution in [3.05, 3.63) is 35.4 Å². The largest absolute Gasteiger partial charge is 0.396 e.